The van der Waals surface area contributed by atoms with E-state index in [1.54, 1.807) is 0 Å². The third kappa shape index (κ3) is 3.53. The topological polar surface area (TPSA) is 60.9 Å². The first kappa shape index (κ1) is 16.0. The molecule has 0 aliphatic heterocycles. The molecule has 1 aromatic carbocycles. The van der Waals surface area contributed by atoms with Crippen LogP contribution in [0.25, 0.3) is 11.4 Å². The number of halogens is 3. The van der Waals surface area contributed by atoms with E-state index in [1.807, 2.05) is 30.3 Å². The molecule has 0 fully saturated rings. The van der Waals surface area contributed by atoms with Crippen LogP contribution in [-0.4, -0.2) is 14.7 Å². The van der Waals surface area contributed by atoms with Crippen molar-refractivity contribution in [3.8, 4) is 11.4 Å². The van der Waals surface area contributed by atoms with Gasteiger partial charge in [0.15, 0.2) is 0 Å². The molecule has 0 saturated carbocycles. The lowest BCUT2D eigenvalue weighted by Gasteiger charge is -2.06. The van der Waals surface area contributed by atoms with Gasteiger partial charge in [-0.25, -0.2) is 0 Å². The van der Waals surface area contributed by atoms with Crippen LogP contribution in [0.1, 0.15) is 11.5 Å². The molecule has 8 heteroatoms. The SMILES string of the molecule is O=c1cc(-c2noc(C(F)(F)F)n2)ccn1CCc1ccccc1. The highest BCUT2D eigenvalue weighted by Gasteiger charge is 2.38. The molecule has 0 spiro atoms. The zero-order chi connectivity index (χ0) is 17.2. The van der Waals surface area contributed by atoms with Crippen LogP contribution in [0.4, 0.5) is 13.2 Å². The summed E-state index contributed by atoms with van der Waals surface area (Å²) in [7, 11) is 0. The minimum Gasteiger partial charge on any atom is -0.329 e. The summed E-state index contributed by atoms with van der Waals surface area (Å²) in [4.78, 5) is 15.4. The Labute approximate surface area is 134 Å². The minimum atomic E-state index is -4.71. The van der Waals surface area contributed by atoms with Gasteiger partial charge in [-0.15, -0.1) is 0 Å². The maximum Gasteiger partial charge on any atom is 0.471 e. The smallest absolute Gasteiger partial charge is 0.329 e. The van der Waals surface area contributed by atoms with E-state index in [4.69, 9.17) is 0 Å². The van der Waals surface area contributed by atoms with Crippen molar-refractivity contribution in [3.05, 3.63) is 70.5 Å². The van der Waals surface area contributed by atoms with Gasteiger partial charge in [0.2, 0.25) is 5.82 Å². The first-order chi connectivity index (χ1) is 11.4. The number of nitrogens with zero attached hydrogens (tertiary/aromatic N) is 3. The van der Waals surface area contributed by atoms with Crippen LogP contribution < -0.4 is 5.56 Å². The Morgan fingerprint density at radius 2 is 1.88 bits per heavy atom. The van der Waals surface area contributed by atoms with Crippen LogP contribution in [0, 0.1) is 0 Å². The first-order valence-corrected chi connectivity index (χ1v) is 7.09. The predicted octanol–water partition coefficient (Wildman–Crippen LogP) is 3.16. The molecular formula is C16H12F3N3O2. The molecule has 0 N–H and O–H groups in total. The normalized spacial score (nSPS) is 11.6. The van der Waals surface area contributed by atoms with Crippen LogP contribution in [0.5, 0.6) is 0 Å². The summed E-state index contributed by atoms with van der Waals surface area (Å²) < 4.78 is 43.0. The van der Waals surface area contributed by atoms with E-state index in [2.05, 4.69) is 14.7 Å². The van der Waals surface area contributed by atoms with Crippen molar-refractivity contribution in [2.45, 2.75) is 19.1 Å². The van der Waals surface area contributed by atoms with Crippen LogP contribution in [0.3, 0.4) is 0 Å². The predicted molar refractivity (Wildman–Crippen MR) is 79.1 cm³/mol. The average Bonchev–Trinajstić information content (AvgIpc) is 3.05. The standard InChI is InChI=1S/C16H12F3N3O2/c17-16(18,19)15-20-14(21-24-15)12-7-9-22(13(23)10-12)8-6-11-4-2-1-3-5-11/h1-5,7,9-10H,6,8H2. The van der Waals surface area contributed by atoms with Gasteiger partial charge in [-0.05, 0) is 18.1 Å². The molecule has 0 saturated heterocycles. The molecule has 0 radical (unpaired) electrons. The van der Waals surface area contributed by atoms with Crippen molar-refractivity contribution < 1.29 is 17.7 Å². The molecule has 2 aromatic heterocycles. The van der Waals surface area contributed by atoms with E-state index < -0.39 is 12.1 Å². The molecule has 0 aliphatic rings. The number of aromatic nitrogens is 3. The van der Waals surface area contributed by atoms with Crippen molar-refractivity contribution in [3.63, 3.8) is 0 Å². The first-order valence-electron chi connectivity index (χ1n) is 7.09. The van der Waals surface area contributed by atoms with Crippen LogP contribution >= 0.6 is 0 Å². The lowest BCUT2D eigenvalue weighted by molar-refractivity contribution is -0.159. The quantitative estimate of drug-likeness (QED) is 0.735. The Morgan fingerprint density at radius 3 is 2.50 bits per heavy atom. The molecule has 124 valence electrons. The second-order valence-electron chi connectivity index (χ2n) is 5.10. The fourth-order valence-corrected chi connectivity index (χ4v) is 2.18. The number of aryl methyl sites for hydroxylation is 2. The van der Waals surface area contributed by atoms with Crippen molar-refractivity contribution in [1.29, 1.82) is 0 Å². The summed E-state index contributed by atoms with van der Waals surface area (Å²) in [5.74, 6) is -1.71. The van der Waals surface area contributed by atoms with Crippen LogP contribution in [-0.2, 0) is 19.1 Å². The summed E-state index contributed by atoms with van der Waals surface area (Å²) in [6.45, 7) is 0.461. The zero-order valence-electron chi connectivity index (χ0n) is 12.3. The molecule has 0 aliphatic carbocycles. The summed E-state index contributed by atoms with van der Waals surface area (Å²) in [5.41, 5.74) is 0.915. The second-order valence-corrected chi connectivity index (χ2v) is 5.10. The van der Waals surface area contributed by atoms with E-state index in [1.165, 1.54) is 22.9 Å². The molecule has 3 aromatic rings. The van der Waals surface area contributed by atoms with Crippen molar-refractivity contribution >= 4 is 0 Å². The van der Waals surface area contributed by atoms with E-state index in [9.17, 15) is 18.0 Å². The Morgan fingerprint density at radius 1 is 1.12 bits per heavy atom. The lowest BCUT2D eigenvalue weighted by Crippen LogP contribution is -2.19. The number of benzene rings is 1. The molecule has 5 nitrogen and oxygen atoms in total. The van der Waals surface area contributed by atoms with Gasteiger partial charge in [0, 0.05) is 24.4 Å². The highest BCUT2D eigenvalue weighted by atomic mass is 19.4. The van der Waals surface area contributed by atoms with E-state index >= 15 is 0 Å². The van der Waals surface area contributed by atoms with Gasteiger partial charge in [-0.2, -0.15) is 18.2 Å². The average molecular weight is 335 g/mol. The molecule has 0 atom stereocenters. The summed E-state index contributed by atoms with van der Waals surface area (Å²) >= 11 is 0. The van der Waals surface area contributed by atoms with Crippen molar-refractivity contribution in [1.82, 2.24) is 14.7 Å². The van der Waals surface area contributed by atoms with Gasteiger partial charge < -0.3 is 9.09 Å². The molecule has 3 rings (SSSR count). The Hall–Kier alpha value is -2.90. The minimum absolute atomic E-state index is 0.176. The number of hydrogen-bond donors (Lipinski definition) is 0. The highest BCUT2D eigenvalue weighted by Crippen LogP contribution is 2.28. The third-order valence-electron chi connectivity index (χ3n) is 3.41. The van der Waals surface area contributed by atoms with Gasteiger partial charge in [-0.3, -0.25) is 4.79 Å². The number of alkyl halides is 3. The fraction of sp³-hybridized carbons (Fsp3) is 0.188. The molecule has 2 heterocycles. The van der Waals surface area contributed by atoms with Crippen LogP contribution in [0.2, 0.25) is 0 Å². The maximum atomic E-state index is 12.5. The van der Waals surface area contributed by atoms with Gasteiger partial charge in [0.05, 0.1) is 0 Å². The molecule has 0 amide bonds. The number of rotatable bonds is 4. The lowest BCUT2D eigenvalue weighted by atomic mass is 10.1. The largest absolute Gasteiger partial charge is 0.471 e. The molecule has 0 bridgehead atoms. The van der Waals surface area contributed by atoms with E-state index in [0.717, 1.165) is 5.56 Å². The summed E-state index contributed by atoms with van der Waals surface area (Å²) in [6, 6.07) is 12.3. The molecular weight excluding hydrogens is 323 g/mol. The summed E-state index contributed by atoms with van der Waals surface area (Å²) in [6.07, 6.45) is -2.54. The van der Waals surface area contributed by atoms with Crippen LogP contribution in [0.15, 0.2) is 58.0 Å². The number of pyridine rings is 1. The van der Waals surface area contributed by atoms with Gasteiger partial charge in [0.25, 0.3) is 5.56 Å². The Kier molecular flexibility index (Phi) is 4.20. The van der Waals surface area contributed by atoms with E-state index in [-0.39, 0.29) is 16.9 Å². The van der Waals surface area contributed by atoms with Gasteiger partial charge in [-0.1, -0.05) is 35.5 Å². The number of hydrogen-bond acceptors (Lipinski definition) is 4. The zero-order valence-corrected chi connectivity index (χ0v) is 12.3. The summed E-state index contributed by atoms with van der Waals surface area (Å²) in [5, 5.41) is 3.26. The third-order valence-corrected chi connectivity index (χ3v) is 3.41. The van der Waals surface area contributed by atoms with Gasteiger partial charge in [0.1, 0.15) is 0 Å². The second kappa shape index (κ2) is 6.31. The highest BCUT2D eigenvalue weighted by molar-refractivity contribution is 5.52. The van der Waals surface area contributed by atoms with Crippen molar-refractivity contribution in [2.75, 3.05) is 0 Å². The molecule has 24 heavy (non-hydrogen) atoms. The van der Waals surface area contributed by atoms with Gasteiger partial charge >= 0.3 is 12.1 Å². The fourth-order valence-electron chi connectivity index (χ4n) is 2.18. The van der Waals surface area contributed by atoms with Crippen molar-refractivity contribution in [2.24, 2.45) is 0 Å². The maximum absolute atomic E-state index is 12.5. The monoisotopic (exact) mass is 335 g/mol. The molecule has 0 unspecified atom stereocenters. The van der Waals surface area contributed by atoms with E-state index in [0.29, 0.717) is 13.0 Å². The Balaban J connectivity index is 1.77. The Bertz CT molecular complexity index is 885.